The maximum Gasteiger partial charge on any atom is 0.214 e. The van der Waals surface area contributed by atoms with Gasteiger partial charge in [0, 0.05) is 18.8 Å². The van der Waals surface area contributed by atoms with E-state index in [0.717, 1.165) is 23.1 Å². The lowest BCUT2D eigenvalue weighted by Gasteiger charge is -2.33. The molecule has 1 fully saturated rings. The summed E-state index contributed by atoms with van der Waals surface area (Å²) >= 11 is 0. The van der Waals surface area contributed by atoms with Gasteiger partial charge in [-0.15, -0.1) is 0 Å². The quantitative estimate of drug-likeness (QED) is 0.750. The number of benzene rings is 2. The second-order valence-electron chi connectivity index (χ2n) is 7.71. The lowest BCUT2D eigenvalue weighted by Crippen LogP contribution is -2.47. The molecule has 0 unspecified atom stereocenters. The smallest absolute Gasteiger partial charge is 0.214 e. The van der Waals surface area contributed by atoms with Gasteiger partial charge in [0.25, 0.3) is 0 Å². The zero-order valence-corrected chi connectivity index (χ0v) is 18.5. The van der Waals surface area contributed by atoms with Crippen molar-refractivity contribution in [2.45, 2.75) is 42.4 Å². The summed E-state index contributed by atoms with van der Waals surface area (Å²) < 4.78 is 56.1. The number of sulfone groups is 1. The third kappa shape index (κ3) is 5.25. The van der Waals surface area contributed by atoms with Crippen LogP contribution in [0, 0.1) is 0 Å². The second kappa shape index (κ2) is 8.55. The molecule has 2 atom stereocenters. The molecule has 0 aliphatic carbocycles. The first-order chi connectivity index (χ1) is 13.6. The first-order valence-corrected chi connectivity index (χ1v) is 13.0. The van der Waals surface area contributed by atoms with Gasteiger partial charge < -0.3 is 4.74 Å². The molecule has 0 spiro atoms. The van der Waals surface area contributed by atoms with Crippen molar-refractivity contribution in [1.29, 1.82) is 0 Å². The average molecular weight is 438 g/mol. The minimum Gasteiger partial charge on any atom is -0.380 e. The van der Waals surface area contributed by atoms with Crippen molar-refractivity contribution in [3.8, 4) is 11.1 Å². The molecule has 6 nitrogen and oxygen atoms in total. The molecule has 0 saturated carbocycles. The molecule has 8 heteroatoms. The highest BCUT2D eigenvalue weighted by Crippen LogP contribution is 2.30. The Balaban J connectivity index is 1.81. The predicted molar refractivity (Wildman–Crippen MR) is 114 cm³/mol. The number of nitrogens with one attached hydrogen (secondary N) is 1. The van der Waals surface area contributed by atoms with Crippen LogP contribution in [0.3, 0.4) is 0 Å². The normalized spacial score (nSPS) is 20.7. The van der Waals surface area contributed by atoms with Gasteiger partial charge in [-0.05, 0) is 49.1 Å². The molecule has 2 aromatic carbocycles. The van der Waals surface area contributed by atoms with Gasteiger partial charge in [0.1, 0.15) is 0 Å². The van der Waals surface area contributed by atoms with Crippen molar-refractivity contribution in [2.24, 2.45) is 0 Å². The zero-order valence-electron chi connectivity index (χ0n) is 16.8. The fourth-order valence-corrected chi connectivity index (χ4v) is 4.97. The lowest BCUT2D eigenvalue weighted by atomic mass is 9.87. The molecule has 1 aliphatic heterocycles. The first-order valence-electron chi connectivity index (χ1n) is 9.57. The molecule has 2 aromatic rings. The SMILES string of the molecule is CC(C)S(=O)(=O)N[C@H]1COCC[C@@H]1c1ccc(-c2ccc(S(C)(=O)=O)cc2)cc1. The molecule has 3 rings (SSSR count). The van der Waals surface area contributed by atoms with Crippen LogP contribution in [-0.4, -0.2) is 47.6 Å². The van der Waals surface area contributed by atoms with Crippen LogP contribution in [0.25, 0.3) is 11.1 Å². The van der Waals surface area contributed by atoms with E-state index in [9.17, 15) is 16.8 Å². The van der Waals surface area contributed by atoms with Crippen LogP contribution in [0.4, 0.5) is 0 Å². The highest BCUT2D eigenvalue weighted by Gasteiger charge is 2.31. The molecule has 0 bridgehead atoms. The van der Waals surface area contributed by atoms with Crippen molar-refractivity contribution in [2.75, 3.05) is 19.5 Å². The first kappa shape index (κ1) is 22.0. The van der Waals surface area contributed by atoms with E-state index in [2.05, 4.69) is 4.72 Å². The third-order valence-corrected chi connectivity index (χ3v) is 8.25. The lowest BCUT2D eigenvalue weighted by molar-refractivity contribution is 0.0644. The van der Waals surface area contributed by atoms with Gasteiger partial charge in [-0.2, -0.15) is 0 Å². The maximum atomic E-state index is 12.3. The molecule has 1 heterocycles. The Morgan fingerprint density at radius 1 is 0.931 bits per heavy atom. The average Bonchev–Trinajstić information content (AvgIpc) is 2.68. The number of hydrogen-bond donors (Lipinski definition) is 1. The van der Waals surface area contributed by atoms with Crippen LogP contribution in [0.15, 0.2) is 53.4 Å². The minimum atomic E-state index is -3.39. The molecule has 0 amide bonds. The van der Waals surface area contributed by atoms with Crippen LogP contribution in [0.5, 0.6) is 0 Å². The number of hydrogen-bond acceptors (Lipinski definition) is 5. The molecule has 1 aliphatic rings. The fraction of sp³-hybridized carbons (Fsp3) is 0.429. The van der Waals surface area contributed by atoms with Crippen LogP contribution in [0.1, 0.15) is 31.7 Å². The molecule has 1 N–H and O–H groups in total. The Hall–Kier alpha value is -1.74. The van der Waals surface area contributed by atoms with Gasteiger partial charge in [-0.25, -0.2) is 21.6 Å². The van der Waals surface area contributed by atoms with E-state index in [-0.39, 0.29) is 12.0 Å². The van der Waals surface area contributed by atoms with E-state index in [1.165, 1.54) is 6.26 Å². The highest BCUT2D eigenvalue weighted by molar-refractivity contribution is 7.90. The van der Waals surface area contributed by atoms with Crippen molar-refractivity contribution < 1.29 is 21.6 Å². The molecular formula is C21H27NO5S2. The minimum absolute atomic E-state index is 0.0407. The predicted octanol–water partition coefficient (Wildman–Crippen LogP) is 2.96. The van der Waals surface area contributed by atoms with Gasteiger partial charge in [-0.1, -0.05) is 36.4 Å². The van der Waals surface area contributed by atoms with E-state index in [0.29, 0.717) is 18.1 Å². The molecule has 1 saturated heterocycles. The van der Waals surface area contributed by atoms with Crippen molar-refractivity contribution in [3.05, 3.63) is 54.1 Å². The van der Waals surface area contributed by atoms with E-state index >= 15 is 0 Å². The van der Waals surface area contributed by atoms with Crippen LogP contribution >= 0.6 is 0 Å². The molecule has 0 radical (unpaired) electrons. The third-order valence-electron chi connectivity index (χ3n) is 5.25. The van der Waals surface area contributed by atoms with Gasteiger partial charge in [0.05, 0.1) is 22.8 Å². The summed E-state index contributed by atoms with van der Waals surface area (Å²) in [5, 5.41) is -0.498. The Labute approximate surface area is 173 Å². The standard InChI is InChI=1S/C21H27NO5S2/c1-15(2)29(25,26)22-21-14-27-13-12-20(21)18-6-4-16(5-7-18)17-8-10-19(11-9-17)28(3,23)24/h4-11,15,20-22H,12-14H2,1-3H3/t20-,21+/m1/s1. The largest absolute Gasteiger partial charge is 0.380 e. The zero-order chi connectivity index (χ0) is 21.2. The van der Waals surface area contributed by atoms with Crippen molar-refractivity contribution in [1.82, 2.24) is 4.72 Å². The van der Waals surface area contributed by atoms with E-state index in [4.69, 9.17) is 4.74 Å². The fourth-order valence-electron chi connectivity index (χ4n) is 3.42. The van der Waals surface area contributed by atoms with Crippen LogP contribution < -0.4 is 4.72 Å². The summed E-state index contributed by atoms with van der Waals surface area (Å²) in [4.78, 5) is 0.292. The second-order valence-corrected chi connectivity index (χ2v) is 12.0. The summed E-state index contributed by atoms with van der Waals surface area (Å²) in [6, 6.07) is 14.5. The van der Waals surface area contributed by atoms with Crippen molar-refractivity contribution >= 4 is 19.9 Å². The molecule has 158 valence electrons. The van der Waals surface area contributed by atoms with Crippen molar-refractivity contribution in [3.63, 3.8) is 0 Å². The molecule has 29 heavy (non-hydrogen) atoms. The van der Waals surface area contributed by atoms with Gasteiger partial charge in [-0.3, -0.25) is 0 Å². The number of sulfonamides is 1. The number of rotatable bonds is 6. The van der Waals surface area contributed by atoms with Gasteiger partial charge in [0.2, 0.25) is 10.0 Å². The highest BCUT2D eigenvalue weighted by atomic mass is 32.2. The topological polar surface area (TPSA) is 89.5 Å². The van der Waals surface area contributed by atoms with Crippen LogP contribution in [-0.2, 0) is 24.6 Å². The monoisotopic (exact) mass is 437 g/mol. The number of ether oxygens (including phenoxy) is 1. The van der Waals surface area contributed by atoms with Gasteiger partial charge in [0.15, 0.2) is 9.84 Å². The summed E-state index contributed by atoms with van der Waals surface area (Å²) in [6.45, 7) is 4.26. The van der Waals surface area contributed by atoms with E-state index in [1.807, 2.05) is 24.3 Å². The summed E-state index contributed by atoms with van der Waals surface area (Å²) in [5.74, 6) is 0.0407. The Morgan fingerprint density at radius 3 is 2.00 bits per heavy atom. The Bertz CT molecular complexity index is 1040. The Morgan fingerprint density at radius 2 is 1.48 bits per heavy atom. The van der Waals surface area contributed by atoms with E-state index < -0.39 is 25.1 Å². The Kier molecular flexibility index (Phi) is 6.48. The molecule has 0 aromatic heterocycles. The maximum absolute atomic E-state index is 12.3. The molecular weight excluding hydrogens is 410 g/mol. The summed E-state index contributed by atoms with van der Waals surface area (Å²) in [7, 11) is -6.60. The van der Waals surface area contributed by atoms with Crippen LogP contribution in [0.2, 0.25) is 0 Å². The van der Waals surface area contributed by atoms with E-state index in [1.54, 1.807) is 38.1 Å². The summed E-state index contributed by atoms with van der Waals surface area (Å²) in [5.41, 5.74) is 2.95. The summed E-state index contributed by atoms with van der Waals surface area (Å²) in [6.07, 6.45) is 1.93. The van der Waals surface area contributed by atoms with Gasteiger partial charge >= 0.3 is 0 Å².